The Morgan fingerprint density at radius 3 is 1.55 bits per heavy atom. The molecule has 2 heteroatoms. The van der Waals surface area contributed by atoms with Crippen molar-refractivity contribution in [3.8, 4) is 5.75 Å². The zero-order valence-electron chi connectivity index (χ0n) is 19.3. The molecule has 0 saturated carbocycles. The minimum absolute atomic E-state index is 0.144. The summed E-state index contributed by atoms with van der Waals surface area (Å²) >= 11 is 0. The van der Waals surface area contributed by atoms with Crippen molar-refractivity contribution in [2.24, 2.45) is 0 Å². The summed E-state index contributed by atoms with van der Waals surface area (Å²) in [5, 5.41) is 10.0. The Bertz CT molecular complexity index is 536. The first-order valence-electron chi connectivity index (χ1n) is 12.5. The summed E-state index contributed by atoms with van der Waals surface area (Å²) in [5.74, 6) is 0.144. The van der Waals surface area contributed by atoms with Crippen molar-refractivity contribution < 1.29 is 9.90 Å². The Labute approximate surface area is 180 Å². The molecule has 0 aliphatic heterocycles. The molecule has 0 unspecified atom stereocenters. The molecule has 1 N–H and O–H groups in total. The van der Waals surface area contributed by atoms with Gasteiger partial charge in [0.2, 0.25) is 0 Å². The topological polar surface area (TPSA) is 37.3 Å². The van der Waals surface area contributed by atoms with E-state index in [0.717, 1.165) is 30.3 Å². The van der Waals surface area contributed by atoms with E-state index in [2.05, 4.69) is 13.0 Å². The van der Waals surface area contributed by atoms with Gasteiger partial charge >= 0.3 is 0 Å². The predicted molar refractivity (Wildman–Crippen MR) is 126 cm³/mol. The second-order valence-corrected chi connectivity index (χ2v) is 8.71. The van der Waals surface area contributed by atoms with E-state index >= 15 is 0 Å². The van der Waals surface area contributed by atoms with E-state index in [9.17, 15) is 9.90 Å². The third kappa shape index (κ3) is 12.1. The number of aldehydes is 1. The molecule has 0 amide bonds. The summed E-state index contributed by atoms with van der Waals surface area (Å²) in [6.07, 6.45) is 24.7. The molecule has 29 heavy (non-hydrogen) atoms. The maximum absolute atomic E-state index is 11.1. The van der Waals surface area contributed by atoms with Crippen LogP contribution in [0.25, 0.3) is 0 Å². The van der Waals surface area contributed by atoms with Crippen LogP contribution in [0.4, 0.5) is 0 Å². The zero-order valence-corrected chi connectivity index (χ0v) is 19.3. The van der Waals surface area contributed by atoms with Crippen molar-refractivity contribution in [3.63, 3.8) is 0 Å². The van der Waals surface area contributed by atoms with E-state index in [0.29, 0.717) is 5.56 Å². The highest BCUT2D eigenvalue weighted by molar-refractivity contribution is 5.81. The molecular formula is C27H46O2. The van der Waals surface area contributed by atoms with Crippen molar-refractivity contribution >= 4 is 6.29 Å². The van der Waals surface area contributed by atoms with Crippen molar-refractivity contribution in [1.82, 2.24) is 0 Å². The molecule has 0 aromatic heterocycles. The Morgan fingerprint density at radius 2 is 1.14 bits per heavy atom. The highest BCUT2D eigenvalue weighted by Crippen LogP contribution is 2.24. The minimum Gasteiger partial charge on any atom is -0.507 e. The van der Waals surface area contributed by atoms with E-state index in [1.807, 2.05) is 6.92 Å². The van der Waals surface area contributed by atoms with Crippen molar-refractivity contribution in [2.75, 3.05) is 0 Å². The van der Waals surface area contributed by atoms with Gasteiger partial charge in [0, 0.05) is 0 Å². The maximum atomic E-state index is 11.1. The van der Waals surface area contributed by atoms with Gasteiger partial charge in [-0.25, -0.2) is 0 Å². The lowest BCUT2D eigenvalue weighted by atomic mass is 9.98. The summed E-state index contributed by atoms with van der Waals surface area (Å²) in [6.45, 7) is 4.31. The van der Waals surface area contributed by atoms with Gasteiger partial charge in [-0.2, -0.15) is 0 Å². The number of carbonyl (C=O) groups is 1. The first kappa shape index (κ1) is 25.7. The SMILES string of the molecule is CCCCCCCCCCCCCCCCCCc1cc(O)c(C=O)c(CC)c1. The third-order valence-corrected chi connectivity index (χ3v) is 6.12. The van der Waals surface area contributed by atoms with Crippen LogP contribution in [0.1, 0.15) is 138 Å². The molecule has 2 nitrogen and oxygen atoms in total. The fourth-order valence-corrected chi connectivity index (χ4v) is 4.21. The quantitative estimate of drug-likeness (QED) is 0.186. The normalized spacial score (nSPS) is 11.1. The Morgan fingerprint density at radius 1 is 0.690 bits per heavy atom. The number of aromatic hydroxyl groups is 1. The van der Waals surface area contributed by atoms with E-state index < -0.39 is 0 Å². The number of hydrogen-bond donors (Lipinski definition) is 1. The van der Waals surface area contributed by atoms with Gasteiger partial charge in [-0.1, -0.05) is 116 Å². The molecule has 0 aliphatic carbocycles. The van der Waals surface area contributed by atoms with Gasteiger partial charge in [0.05, 0.1) is 5.56 Å². The van der Waals surface area contributed by atoms with Crippen LogP contribution >= 0.6 is 0 Å². The first-order chi connectivity index (χ1) is 14.2. The highest BCUT2D eigenvalue weighted by Gasteiger charge is 2.08. The standard InChI is InChI=1S/C27H46O2/c1-3-5-6-7-8-9-10-11-12-13-14-15-16-17-18-19-20-24-21-25(4-2)26(23-28)27(29)22-24/h21-23,29H,3-20H2,1-2H3. The van der Waals surface area contributed by atoms with Gasteiger partial charge in [0.15, 0.2) is 6.29 Å². The van der Waals surface area contributed by atoms with Crippen molar-refractivity contribution in [3.05, 3.63) is 28.8 Å². The molecule has 0 atom stereocenters. The molecule has 166 valence electrons. The highest BCUT2D eigenvalue weighted by atomic mass is 16.3. The zero-order chi connectivity index (χ0) is 21.2. The van der Waals surface area contributed by atoms with Gasteiger partial charge < -0.3 is 5.11 Å². The molecule has 0 radical (unpaired) electrons. The molecule has 0 fully saturated rings. The molecular weight excluding hydrogens is 356 g/mol. The lowest BCUT2D eigenvalue weighted by Crippen LogP contribution is -1.95. The average molecular weight is 403 g/mol. The average Bonchev–Trinajstić information content (AvgIpc) is 2.73. The van der Waals surface area contributed by atoms with Crippen LogP contribution in [0, 0.1) is 0 Å². The molecule has 0 aliphatic rings. The van der Waals surface area contributed by atoms with Crippen LogP contribution in [-0.2, 0) is 12.8 Å². The molecule has 0 bridgehead atoms. The van der Waals surface area contributed by atoms with Crippen LogP contribution in [-0.4, -0.2) is 11.4 Å². The van der Waals surface area contributed by atoms with Crippen LogP contribution in [0.15, 0.2) is 12.1 Å². The van der Waals surface area contributed by atoms with E-state index in [1.54, 1.807) is 6.07 Å². The van der Waals surface area contributed by atoms with Crippen LogP contribution in [0.3, 0.4) is 0 Å². The summed E-state index contributed by atoms with van der Waals surface area (Å²) in [7, 11) is 0. The second-order valence-electron chi connectivity index (χ2n) is 8.71. The number of phenols is 1. The second kappa shape index (κ2) is 17.5. The maximum Gasteiger partial charge on any atom is 0.154 e. The summed E-state index contributed by atoms with van der Waals surface area (Å²) < 4.78 is 0. The molecule has 0 saturated heterocycles. The summed E-state index contributed by atoms with van der Waals surface area (Å²) in [5.41, 5.74) is 2.59. The molecule has 0 spiro atoms. The fourth-order valence-electron chi connectivity index (χ4n) is 4.21. The van der Waals surface area contributed by atoms with Crippen molar-refractivity contribution in [1.29, 1.82) is 0 Å². The van der Waals surface area contributed by atoms with E-state index in [4.69, 9.17) is 0 Å². The monoisotopic (exact) mass is 402 g/mol. The molecule has 1 aromatic carbocycles. The third-order valence-electron chi connectivity index (χ3n) is 6.12. The minimum atomic E-state index is 0.144. The fraction of sp³-hybridized carbons (Fsp3) is 0.741. The van der Waals surface area contributed by atoms with Crippen LogP contribution in [0.5, 0.6) is 5.75 Å². The number of unbranched alkanes of at least 4 members (excludes halogenated alkanes) is 15. The van der Waals surface area contributed by atoms with E-state index in [1.165, 1.54) is 103 Å². The molecule has 1 aromatic rings. The number of phenolic OH excluding ortho intramolecular Hbond substituents is 1. The first-order valence-corrected chi connectivity index (χ1v) is 12.5. The smallest absolute Gasteiger partial charge is 0.154 e. The van der Waals surface area contributed by atoms with Gasteiger partial charge in [0.1, 0.15) is 5.75 Å². The van der Waals surface area contributed by atoms with Crippen molar-refractivity contribution in [2.45, 2.75) is 129 Å². The van der Waals surface area contributed by atoms with Gasteiger partial charge in [-0.05, 0) is 36.5 Å². The number of rotatable bonds is 19. The summed E-state index contributed by atoms with van der Waals surface area (Å²) in [6, 6.07) is 3.86. The predicted octanol–water partition coefficient (Wildman–Crippen LogP) is 8.57. The lowest BCUT2D eigenvalue weighted by Gasteiger charge is -2.09. The number of aryl methyl sites for hydroxylation is 2. The van der Waals surface area contributed by atoms with E-state index in [-0.39, 0.29) is 5.75 Å². The molecule has 1 rings (SSSR count). The number of hydrogen-bond acceptors (Lipinski definition) is 2. The van der Waals surface area contributed by atoms with Crippen LogP contribution < -0.4 is 0 Å². The number of carbonyl (C=O) groups excluding carboxylic acids is 1. The number of benzene rings is 1. The lowest BCUT2D eigenvalue weighted by molar-refractivity contribution is 0.112. The molecule has 0 heterocycles. The van der Waals surface area contributed by atoms with Gasteiger partial charge in [-0.3, -0.25) is 4.79 Å². The Balaban J connectivity index is 1.94. The van der Waals surface area contributed by atoms with Gasteiger partial charge in [0.25, 0.3) is 0 Å². The largest absolute Gasteiger partial charge is 0.507 e. The van der Waals surface area contributed by atoms with Gasteiger partial charge in [-0.15, -0.1) is 0 Å². The Kier molecular flexibility index (Phi) is 15.6. The Hall–Kier alpha value is -1.31. The van der Waals surface area contributed by atoms with Crippen LogP contribution in [0.2, 0.25) is 0 Å². The summed E-state index contributed by atoms with van der Waals surface area (Å²) in [4.78, 5) is 11.1.